The molecule has 1 amide bonds. The summed E-state index contributed by atoms with van der Waals surface area (Å²) in [6.45, 7) is 7.63. The van der Waals surface area contributed by atoms with Crippen LogP contribution in [-0.2, 0) is 0 Å². The standard InChI is InChI=1S/C22H26BrN3O2S/c1-15-11-16(2)13-17(12-15)24-21(29)25-8-5-22(6-9-25)7-10-26(14-22)20(27)18-3-4-19(23)28-18/h3-4,11-13H,5-10,14H2,1-2H3,(H,24,29). The summed E-state index contributed by atoms with van der Waals surface area (Å²) < 4.78 is 6.04. The Hall–Kier alpha value is -1.86. The van der Waals surface area contributed by atoms with Gasteiger partial charge in [-0.2, -0.15) is 0 Å². The summed E-state index contributed by atoms with van der Waals surface area (Å²) in [4.78, 5) is 16.9. The predicted molar refractivity (Wildman–Crippen MR) is 122 cm³/mol. The summed E-state index contributed by atoms with van der Waals surface area (Å²) in [6, 6.07) is 9.90. The number of rotatable bonds is 2. The van der Waals surface area contributed by atoms with E-state index in [-0.39, 0.29) is 11.3 Å². The zero-order valence-corrected chi connectivity index (χ0v) is 19.2. The number of hydrogen-bond donors (Lipinski definition) is 1. The molecule has 2 saturated heterocycles. The normalized spacial score (nSPS) is 18.3. The maximum absolute atomic E-state index is 12.7. The largest absolute Gasteiger partial charge is 0.444 e. The van der Waals surface area contributed by atoms with Crippen LogP contribution in [0.4, 0.5) is 5.69 Å². The summed E-state index contributed by atoms with van der Waals surface area (Å²) in [7, 11) is 0. The van der Waals surface area contributed by atoms with Crippen molar-refractivity contribution in [2.45, 2.75) is 33.1 Å². The van der Waals surface area contributed by atoms with Gasteiger partial charge in [-0.25, -0.2) is 0 Å². The van der Waals surface area contributed by atoms with E-state index in [0.29, 0.717) is 10.4 Å². The number of thiocarbonyl (C=S) groups is 1. The van der Waals surface area contributed by atoms with E-state index in [1.54, 1.807) is 12.1 Å². The summed E-state index contributed by atoms with van der Waals surface area (Å²) >= 11 is 8.94. The van der Waals surface area contributed by atoms with Gasteiger partial charge in [0, 0.05) is 31.9 Å². The summed E-state index contributed by atoms with van der Waals surface area (Å²) in [6.07, 6.45) is 3.15. The molecule has 1 aromatic carbocycles. The third kappa shape index (κ3) is 4.51. The van der Waals surface area contributed by atoms with Crippen LogP contribution in [0.3, 0.4) is 0 Å². The molecule has 0 atom stereocenters. The monoisotopic (exact) mass is 475 g/mol. The Morgan fingerprint density at radius 3 is 2.28 bits per heavy atom. The Kier molecular flexibility index (Phi) is 5.71. The highest BCUT2D eigenvalue weighted by atomic mass is 79.9. The van der Waals surface area contributed by atoms with Gasteiger partial charge in [0.15, 0.2) is 15.5 Å². The number of halogens is 1. The minimum absolute atomic E-state index is 0.0120. The van der Waals surface area contributed by atoms with E-state index < -0.39 is 0 Å². The minimum atomic E-state index is -0.0120. The molecule has 0 radical (unpaired) electrons. The quantitative estimate of drug-likeness (QED) is 0.620. The Balaban J connectivity index is 1.33. The lowest BCUT2D eigenvalue weighted by Gasteiger charge is -2.40. The van der Waals surface area contributed by atoms with E-state index in [4.69, 9.17) is 16.6 Å². The molecule has 0 saturated carbocycles. The van der Waals surface area contributed by atoms with Crippen LogP contribution in [0, 0.1) is 19.3 Å². The maximum atomic E-state index is 12.7. The first-order chi connectivity index (χ1) is 13.8. The van der Waals surface area contributed by atoms with Crippen LogP contribution in [-0.4, -0.2) is 47.0 Å². The predicted octanol–water partition coefficient (Wildman–Crippen LogP) is 4.98. The molecule has 1 N–H and O–H groups in total. The molecule has 0 unspecified atom stereocenters. The van der Waals surface area contributed by atoms with E-state index in [1.165, 1.54) is 11.1 Å². The molecule has 0 bridgehead atoms. The molecular formula is C22H26BrN3O2S. The van der Waals surface area contributed by atoms with E-state index in [1.807, 2.05) is 4.90 Å². The zero-order valence-electron chi connectivity index (χ0n) is 16.8. The molecule has 4 rings (SSSR count). The first-order valence-corrected chi connectivity index (χ1v) is 11.2. The van der Waals surface area contributed by atoms with Crippen molar-refractivity contribution < 1.29 is 9.21 Å². The van der Waals surface area contributed by atoms with Crippen molar-refractivity contribution in [3.63, 3.8) is 0 Å². The van der Waals surface area contributed by atoms with Gasteiger partial charge in [-0.1, -0.05) is 6.07 Å². The van der Waals surface area contributed by atoms with E-state index in [2.05, 4.69) is 58.2 Å². The van der Waals surface area contributed by atoms with Crippen molar-refractivity contribution in [1.29, 1.82) is 0 Å². The molecule has 7 heteroatoms. The number of amides is 1. The van der Waals surface area contributed by atoms with Gasteiger partial charge < -0.3 is 19.5 Å². The van der Waals surface area contributed by atoms with Gasteiger partial charge in [-0.05, 0) is 102 Å². The van der Waals surface area contributed by atoms with Crippen LogP contribution in [0.1, 0.15) is 40.9 Å². The average Bonchev–Trinajstić information content (AvgIpc) is 3.28. The maximum Gasteiger partial charge on any atom is 0.289 e. The molecule has 2 aliphatic heterocycles. The second-order valence-corrected chi connectivity index (χ2v) is 9.54. The van der Waals surface area contributed by atoms with Crippen LogP contribution < -0.4 is 5.32 Å². The smallest absolute Gasteiger partial charge is 0.289 e. The van der Waals surface area contributed by atoms with Gasteiger partial charge in [0.05, 0.1) is 0 Å². The van der Waals surface area contributed by atoms with Crippen LogP contribution in [0.25, 0.3) is 0 Å². The lowest BCUT2D eigenvalue weighted by Crippen LogP contribution is -2.46. The second-order valence-electron chi connectivity index (χ2n) is 8.37. The molecule has 2 aliphatic rings. The summed E-state index contributed by atoms with van der Waals surface area (Å²) in [5, 5.41) is 4.19. The molecule has 0 aliphatic carbocycles. The number of carbonyl (C=O) groups is 1. The van der Waals surface area contributed by atoms with Crippen LogP contribution in [0.15, 0.2) is 39.4 Å². The van der Waals surface area contributed by atoms with Crippen molar-refractivity contribution in [2.24, 2.45) is 5.41 Å². The number of furan rings is 1. The molecule has 1 spiro atoms. The van der Waals surface area contributed by atoms with Gasteiger partial charge in [0.2, 0.25) is 0 Å². The van der Waals surface area contributed by atoms with Crippen molar-refractivity contribution >= 4 is 44.9 Å². The highest BCUT2D eigenvalue weighted by Crippen LogP contribution is 2.41. The van der Waals surface area contributed by atoms with Crippen LogP contribution >= 0.6 is 28.1 Å². The number of nitrogens with one attached hydrogen (secondary N) is 1. The molecule has 2 fully saturated rings. The van der Waals surface area contributed by atoms with E-state index >= 15 is 0 Å². The third-order valence-electron chi connectivity index (χ3n) is 6.09. The average molecular weight is 476 g/mol. The topological polar surface area (TPSA) is 48.7 Å². The SMILES string of the molecule is Cc1cc(C)cc(NC(=S)N2CCC3(CCN(C(=O)c4ccc(Br)o4)C3)CC2)c1. The number of benzene rings is 1. The van der Waals surface area contributed by atoms with Gasteiger partial charge in [0.25, 0.3) is 5.91 Å². The number of nitrogens with zero attached hydrogens (tertiary/aromatic N) is 2. The van der Waals surface area contributed by atoms with Gasteiger partial charge >= 0.3 is 0 Å². The van der Waals surface area contributed by atoms with Gasteiger partial charge in [-0.3, -0.25) is 4.79 Å². The first kappa shape index (κ1) is 20.4. The molecule has 29 heavy (non-hydrogen) atoms. The minimum Gasteiger partial charge on any atom is -0.444 e. The zero-order chi connectivity index (χ0) is 20.6. The highest BCUT2D eigenvalue weighted by Gasteiger charge is 2.43. The molecule has 154 valence electrons. The van der Waals surface area contributed by atoms with Gasteiger partial charge in [0.1, 0.15) is 0 Å². The molecular weight excluding hydrogens is 450 g/mol. The second kappa shape index (κ2) is 8.11. The summed E-state index contributed by atoms with van der Waals surface area (Å²) in [5.74, 6) is 0.396. The van der Waals surface area contributed by atoms with Crippen LogP contribution in [0.5, 0.6) is 0 Å². The Bertz CT molecular complexity index is 914. The lowest BCUT2D eigenvalue weighted by molar-refractivity contribution is 0.0717. The number of carbonyl (C=O) groups excluding carboxylic acids is 1. The number of aryl methyl sites for hydroxylation is 2. The van der Waals surface area contributed by atoms with Crippen molar-refractivity contribution in [1.82, 2.24) is 9.80 Å². The fourth-order valence-corrected chi connectivity index (χ4v) is 5.14. The van der Waals surface area contributed by atoms with Crippen molar-refractivity contribution in [3.05, 3.63) is 51.9 Å². The molecule has 3 heterocycles. The number of piperidine rings is 1. The fourth-order valence-electron chi connectivity index (χ4n) is 4.54. The van der Waals surface area contributed by atoms with Crippen LogP contribution in [0.2, 0.25) is 0 Å². The fraction of sp³-hybridized carbons (Fsp3) is 0.455. The number of likely N-dealkylation sites (tertiary alicyclic amines) is 2. The Morgan fingerprint density at radius 2 is 1.69 bits per heavy atom. The molecule has 5 nitrogen and oxygen atoms in total. The van der Waals surface area contributed by atoms with Gasteiger partial charge in [-0.15, -0.1) is 0 Å². The van der Waals surface area contributed by atoms with Crippen molar-refractivity contribution in [3.8, 4) is 0 Å². The van der Waals surface area contributed by atoms with E-state index in [0.717, 1.165) is 56.2 Å². The number of anilines is 1. The number of hydrogen-bond acceptors (Lipinski definition) is 3. The lowest BCUT2D eigenvalue weighted by atomic mass is 9.78. The molecule has 2 aromatic rings. The first-order valence-electron chi connectivity index (χ1n) is 10.0. The Labute approximate surface area is 185 Å². The summed E-state index contributed by atoms with van der Waals surface area (Å²) in [5.41, 5.74) is 3.71. The Morgan fingerprint density at radius 1 is 1.07 bits per heavy atom. The third-order valence-corrected chi connectivity index (χ3v) is 6.88. The molecule has 1 aromatic heterocycles. The van der Waals surface area contributed by atoms with E-state index in [9.17, 15) is 4.79 Å². The van der Waals surface area contributed by atoms with Crippen molar-refractivity contribution in [2.75, 3.05) is 31.5 Å². The highest BCUT2D eigenvalue weighted by molar-refractivity contribution is 9.10.